The highest BCUT2D eigenvalue weighted by molar-refractivity contribution is 6.94. The van der Waals surface area contributed by atoms with Crippen molar-refractivity contribution in [3.8, 4) is 0 Å². The van der Waals surface area contributed by atoms with Crippen LogP contribution in [0.25, 0.3) is 0 Å². The van der Waals surface area contributed by atoms with Gasteiger partial charge in [-0.3, -0.25) is 4.79 Å². The smallest absolute Gasteiger partial charge is 0.417 e. The zero-order chi connectivity index (χ0) is 26.7. The molecular formula is C19H49O8Si6. The van der Waals surface area contributed by atoms with Gasteiger partial charge in [0.25, 0.3) is 0 Å². The molecule has 0 saturated heterocycles. The largest absolute Gasteiger partial charge is 0.517 e. The molecule has 2 unspecified atom stereocenters. The van der Waals surface area contributed by atoms with Gasteiger partial charge in [-0.1, -0.05) is 13.3 Å². The van der Waals surface area contributed by atoms with Crippen molar-refractivity contribution in [3.63, 3.8) is 0 Å². The predicted octanol–water partition coefficient (Wildman–Crippen LogP) is 4.46. The van der Waals surface area contributed by atoms with Gasteiger partial charge >= 0.3 is 17.6 Å². The fourth-order valence-electron chi connectivity index (χ4n) is 3.34. The highest BCUT2D eigenvalue weighted by atomic mass is 28.5. The molecule has 0 fully saturated rings. The number of hydrogen-bond acceptors (Lipinski definition) is 8. The van der Waals surface area contributed by atoms with Crippen LogP contribution in [0.1, 0.15) is 19.8 Å². The molecule has 197 valence electrons. The molecule has 0 aliphatic rings. The van der Waals surface area contributed by atoms with Crippen LogP contribution in [0.2, 0.25) is 85.1 Å². The van der Waals surface area contributed by atoms with Crippen LogP contribution in [0.5, 0.6) is 0 Å². The third kappa shape index (κ3) is 11.5. The van der Waals surface area contributed by atoms with Crippen molar-refractivity contribution in [3.05, 3.63) is 0 Å². The van der Waals surface area contributed by atoms with Crippen LogP contribution < -0.4 is 0 Å². The topological polar surface area (TPSA) is 104 Å². The number of aliphatic hydroxyl groups excluding tert-OH is 1. The Morgan fingerprint density at radius 1 is 0.697 bits per heavy atom. The third-order valence-corrected chi connectivity index (χ3v) is 22.7. The number of hydrogen-bond donors (Lipinski definition) is 2. The standard InChI is InChI=1S/C19H49O8Si6/c1-15-16-18(21)19(22,17-20)33(25-30(8,9)10,26-31(11,12)13)27-32(14,23-28(2,3)4)24-29(5,6)7/h18,21-22H,15-16H2,1-14H3. The molecule has 0 heterocycles. The zero-order valence-electron chi connectivity index (χ0n) is 23.3. The molecule has 0 spiro atoms. The highest BCUT2D eigenvalue weighted by Gasteiger charge is 2.71. The Kier molecular flexibility index (Phi) is 11.6. The van der Waals surface area contributed by atoms with Crippen LogP contribution in [0.4, 0.5) is 0 Å². The van der Waals surface area contributed by atoms with E-state index in [1.165, 1.54) is 0 Å². The molecule has 2 atom stereocenters. The van der Waals surface area contributed by atoms with Crippen LogP contribution in [0.15, 0.2) is 0 Å². The summed E-state index contributed by atoms with van der Waals surface area (Å²) in [5, 5.41) is 20.4. The van der Waals surface area contributed by atoms with Gasteiger partial charge in [0.15, 0.2) is 33.3 Å². The van der Waals surface area contributed by atoms with Gasteiger partial charge in [0, 0.05) is 6.55 Å². The van der Waals surface area contributed by atoms with Crippen molar-refractivity contribution in [2.45, 2.75) is 116 Å². The minimum atomic E-state index is -4.39. The molecule has 0 amide bonds. The molecule has 0 saturated carbocycles. The van der Waals surface area contributed by atoms with Crippen molar-refractivity contribution in [1.29, 1.82) is 0 Å². The molecule has 1 radical (unpaired) electrons. The van der Waals surface area contributed by atoms with Gasteiger partial charge in [-0.25, -0.2) is 0 Å². The van der Waals surface area contributed by atoms with E-state index >= 15 is 0 Å². The SMILES string of the molecule is CCCC(O)C(O)([C]=O)[Si](O[Si](C)(C)C)(O[Si](C)(C)C)O[Si](C)(O[Si](C)(C)C)O[Si](C)(C)C. The highest BCUT2D eigenvalue weighted by Crippen LogP contribution is 2.38. The Balaban J connectivity index is 7.16. The zero-order valence-corrected chi connectivity index (χ0v) is 29.3. The first-order chi connectivity index (χ1) is 14.3. The van der Waals surface area contributed by atoms with E-state index in [1.54, 1.807) is 12.8 Å². The van der Waals surface area contributed by atoms with E-state index in [0.29, 0.717) is 6.42 Å². The summed E-state index contributed by atoms with van der Waals surface area (Å²) >= 11 is 0. The molecule has 0 aliphatic heterocycles. The second-order valence-corrected chi connectivity index (χ2v) is 37.1. The second kappa shape index (κ2) is 11.4. The van der Waals surface area contributed by atoms with Gasteiger partial charge in [-0.05, 0) is 85.0 Å². The van der Waals surface area contributed by atoms with Crippen LogP contribution in [-0.2, 0) is 25.4 Å². The van der Waals surface area contributed by atoms with E-state index in [1.807, 2.05) is 85.5 Å². The Labute approximate surface area is 208 Å². The molecule has 0 rings (SSSR count). The Hall–Kier alpha value is 0.691. The summed E-state index contributed by atoms with van der Waals surface area (Å²) in [5.74, 6) is 0. The van der Waals surface area contributed by atoms with E-state index in [2.05, 4.69) is 0 Å². The molecule has 0 aromatic rings. The molecule has 8 nitrogen and oxygen atoms in total. The maximum absolute atomic E-state index is 12.5. The molecular weight excluding hydrogens is 525 g/mol. The summed E-state index contributed by atoms with van der Waals surface area (Å²) in [6.45, 7) is 27.4. The van der Waals surface area contributed by atoms with E-state index < -0.39 is 62.2 Å². The van der Waals surface area contributed by atoms with Gasteiger partial charge in [-0.15, -0.1) is 0 Å². The lowest BCUT2D eigenvalue weighted by atomic mass is 10.1. The van der Waals surface area contributed by atoms with Crippen molar-refractivity contribution in [2.75, 3.05) is 0 Å². The Morgan fingerprint density at radius 2 is 1.03 bits per heavy atom. The van der Waals surface area contributed by atoms with E-state index in [4.69, 9.17) is 20.6 Å². The lowest BCUT2D eigenvalue weighted by Gasteiger charge is -2.50. The minimum Gasteiger partial charge on any atom is -0.417 e. The number of aliphatic hydroxyl groups is 2. The lowest BCUT2D eigenvalue weighted by Crippen LogP contribution is -2.78. The maximum atomic E-state index is 12.5. The fraction of sp³-hybridized carbons (Fsp3) is 0.947. The van der Waals surface area contributed by atoms with Crippen molar-refractivity contribution in [2.24, 2.45) is 0 Å². The van der Waals surface area contributed by atoms with E-state index in [-0.39, 0.29) is 6.42 Å². The predicted molar refractivity (Wildman–Crippen MR) is 148 cm³/mol. The molecule has 0 aromatic heterocycles. The summed E-state index contributed by atoms with van der Waals surface area (Å²) in [6.07, 6.45) is 0.962. The second-order valence-electron chi connectivity index (χ2n) is 12.6. The quantitative estimate of drug-likeness (QED) is 0.277. The summed E-state index contributed by atoms with van der Waals surface area (Å²) in [4.78, 5) is 12.5. The minimum absolute atomic E-state index is 0.163. The lowest BCUT2D eigenvalue weighted by molar-refractivity contribution is -0.0246. The number of carbonyl (C=O) groups excluding carboxylic acids is 1. The molecule has 14 heteroatoms. The van der Waals surface area contributed by atoms with Crippen LogP contribution in [0.3, 0.4) is 0 Å². The first-order valence-electron chi connectivity index (χ1n) is 11.6. The average Bonchev–Trinajstić information content (AvgIpc) is 2.45. The monoisotopic (exact) mass is 573 g/mol. The third-order valence-electron chi connectivity index (χ3n) is 3.85. The van der Waals surface area contributed by atoms with E-state index in [9.17, 15) is 15.0 Å². The molecule has 0 aromatic carbocycles. The van der Waals surface area contributed by atoms with Crippen molar-refractivity contribution < 1.29 is 35.6 Å². The normalized spacial score (nSPS) is 17.6. The van der Waals surface area contributed by atoms with Gasteiger partial charge < -0.3 is 30.8 Å². The van der Waals surface area contributed by atoms with Crippen molar-refractivity contribution in [1.82, 2.24) is 0 Å². The van der Waals surface area contributed by atoms with Gasteiger partial charge in [0.2, 0.25) is 11.5 Å². The number of rotatable bonds is 15. The van der Waals surface area contributed by atoms with Crippen LogP contribution in [0, 0.1) is 0 Å². The van der Waals surface area contributed by atoms with Crippen LogP contribution >= 0.6 is 0 Å². The fourth-order valence-corrected chi connectivity index (χ4v) is 26.4. The van der Waals surface area contributed by atoms with E-state index in [0.717, 1.165) is 0 Å². The average molecular weight is 574 g/mol. The van der Waals surface area contributed by atoms with Gasteiger partial charge in [0.1, 0.15) is 0 Å². The summed E-state index contributed by atoms with van der Waals surface area (Å²) in [5.41, 5.74) is 0. The van der Waals surface area contributed by atoms with Crippen LogP contribution in [-0.4, -0.2) is 78.7 Å². The first-order valence-corrected chi connectivity index (χ1v) is 29.2. The van der Waals surface area contributed by atoms with Gasteiger partial charge in [-0.2, -0.15) is 0 Å². The molecule has 33 heavy (non-hydrogen) atoms. The summed E-state index contributed by atoms with van der Waals surface area (Å²) in [6, 6.07) is 0. The summed E-state index contributed by atoms with van der Waals surface area (Å²) in [7, 11) is -17.3. The van der Waals surface area contributed by atoms with Gasteiger partial charge in [0.05, 0.1) is 6.10 Å². The Bertz CT molecular complexity index is 606. The first kappa shape index (κ1) is 33.7. The van der Waals surface area contributed by atoms with Crippen molar-refractivity contribution >= 4 is 57.2 Å². The molecule has 0 aliphatic carbocycles. The Morgan fingerprint density at radius 3 is 1.27 bits per heavy atom. The maximum Gasteiger partial charge on any atom is 0.517 e. The molecule has 0 bridgehead atoms. The molecule has 2 N–H and O–H groups in total. The summed E-state index contributed by atoms with van der Waals surface area (Å²) < 4.78 is 32.8.